The number of imide groups is 1. The monoisotopic (exact) mass is 703 g/mol. The van der Waals surface area contributed by atoms with Gasteiger partial charge in [0.25, 0.3) is 0 Å². The summed E-state index contributed by atoms with van der Waals surface area (Å²) in [5, 5.41) is 2.17. The average Bonchev–Trinajstić information content (AvgIpc) is 3.65. The number of nitrogens with zero attached hydrogens (tertiary/aromatic N) is 5. The van der Waals surface area contributed by atoms with Gasteiger partial charge in [0.15, 0.2) is 0 Å². The van der Waals surface area contributed by atoms with Crippen molar-refractivity contribution >= 4 is 48.5 Å². The number of anilines is 2. The number of nitrogens with two attached hydrogens (primary N) is 1. The zero-order valence-corrected chi connectivity index (χ0v) is 32.0. The van der Waals surface area contributed by atoms with Gasteiger partial charge in [0, 0.05) is 71.4 Å². The van der Waals surface area contributed by atoms with Crippen LogP contribution in [0.1, 0.15) is 97.0 Å². The molecular formula is C37H65N7O4S. The molecule has 3 N–H and O–H groups in total. The molecule has 2 atom stereocenters. The van der Waals surface area contributed by atoms with E-state index >= 15 is 0 Å². The van der Waals surface area contributed by atoms with E-state index in [9.17, 15) is 19.2 Å². The van der Waals surface area contributed by atoms with Crippen molar-refractivity contribution in [3.8, 4) is 0 Å². The van der Waals surface area contributed by atoms with Crippen LogP contribution in [0.2, 0.25) is 0 Å². The summed E-state index contributed by atoms with van der Waals surface area (Å²) < 4.78 is 5.11. The van der Waals surface area contributed by atoms with Crippen LogP contribution in [0.3, 0.4) is 0 Å². The summed E-state index contributed by atoms with van der Waals surface area (Å²) in [4.78, 5) is 51.3. The molecule has 1 aromatic rings. The number of likely N-dealkylation sites (tertiary alicyclic amines) is 1. The highest BCUT2D eigenvalue weighted by Crippen LogP contribution is 2.42. The summed E-state index contributed by atoms with van der Waals surface area (Å²) in [7, 11) is 6.06. The van der Waals surface area contributed by atoms with E-state index < -0.39 is 11.9 Å². The Hall–Kier alpha value is -2.51. The van der Waals surface area contributed by atoms with Crippen LogP contribution in [0.25, 0.3) is 0 Å². The van der Waals surface area contributed by atoms with Gasteiger partial charge in [-0.3, -0.25) is 19.7 Å². The first-order valence-electron chi connectivity index (χ1n) is 18.4. The molecule has 3 aliphatic rings. The second-order valence-corrected chi connectivity index (χ2v) is 15.2. The molecule has 12 heteroatoms. The van der Waals surface area contributed by atoms with E-state index in [0.717, 1.165) is 69.2 Å². The van der Waals surface area contributed by atoms with Crippen molar-refractivity contribution in [3.05, 3.63) is 23.8 Å². The normalized spacial score (nSPS) is 20.5. The van der Waals surface area contributed by atoms with Crippen LogP contribution in [-0.2, 0) is 25.6 Å². The highest BCUT2D eigenvalue weighted by molar-refractivity contribution is 7.94. The fourth-order valence-corrected chi connectivity index (χ4v) is 8.13. The molecule has 3 heterocycles. The van der Waals surface area contributed by atoms with Crippen molar-refractivity contribution in [1.29, 1.82) is 0 Å². The SMILES string of the molecule is CCC.CCCC(C(=O)NC=O)N(C=O)c1cccc(CCCCCC=O)c1N(C)C.CN1CCC2(CCN(SN3CCC(N)CC3)C2)C1. The quantitative estimate of drug-likeness (QED) is 0.140. The smallest absolute Gasteiger partial charge is 0.249 e. The third-order valence-electron chi connectivity index (χ3n) is 9.37. The molecule has 3 amide bonds. The second-order valence-electron chi connectivity index (χ2n) is 14.0. The third-order valence-corrected chi connectivity index (χ3v) is 10.5. The fourth-order valence-electron chi connectivity index (χ4n) is 6.92. The standard InChI is InChI=1S/C21H31N3O4.C13H26N4S.C3H8/c1-4-10-19(21(28)22-15-26)24(16-27)18-13-9-12-17(20(18)23(2)3)11-7-5-6-8-14-25;1-15-8-4-13(10-15)5-9-17(11-13)18-16-6-2-12(14)3-7-16;1-3-2/h9,12-16,19H,4-8,10-11H2,1-3H3,(H,22,26,28);12H,2-11,14H2,1H3;3H2,1-2H3. The summed E-state index contributed by atoms with van der Waals surface area (Å²) in [6, 6.07) is 5.39. The van der Waals surface area contributed by atoms with Crippen molar-refractivity contribution in [2.75, 3.05) is 70.2 Å². The van der Waals surface area contributed by atoms with Crippen molar-refractivity contribution < 1.29 is 19.2 Å². The minimum Gasteiger partial charge on any atom is -0.376 e. The van der Waals surface area contributed by atoms with Gasteiger partial charge in [-0.25, -0.2) is 8.61 Å². The van der Waals surface area contributed by atoms with Gasteiger partial charge in [0.05, 0.1) is 11.4 Å². The zero-order chi connectivity index (χ0) is 36.2. The number of hydrogen-bond acceptors (Lipinski definition) is 10. The lowest BCUT2D eigenvalue weighted by molar-refractivity contribution is -0.127. The minimum atomic E-state index is -0.755. The number of nitrogens with one attached hydrogen (secondary N) is 1. The molecule has 3 aliphatic heterocycles. The van der Waals surface area contributed by atoms with Gasteiger partial charge >= 0.3 is 0 Å². The number of rotatable bonds is 16. The van der Waals surface area contributed by atoms with Crippen LogP contribution < -0.4 is 20.9 Å². The Morgan fingerprint density at radius 2 is 1.71 bits per heavy atom. The number of aldehydes is 1. The first-order valence-corrected chi connectivity index (χ1v) is 19.1. The summed E-state index contributed by atoms with van der Waals surface area (Å²) in [6.45, 7) is 13.6. The third kappa shape index (κ3) is 14.0. The van der Waals surface area contributed by atoms with Crippen LogP contribution in [0.5, 0.6) is 0 Å². The van der Waals surface area contributed by atoms with Crippen LogP contribution in [-0.4, -0.2) is 111 Å². The Kier molecular flexibility index (Phi) is 20.1. The van der Waals surface area contributed by atoms with Gasteiger partial charge in [-0.1, -0.05) is 52.2 Å². The number of aryl methyl sites for hydroxylation is 1. The van der Waals surface area contributed by atoms with Gasteiger partial charge in [0.2, 0.25) is 18.7 Å². The Morgan fingerprint density at radius 3 is 2.29 bits per heavy atom. The Bertz CT molecular complexity index is 1130. The molecule has 278 valence electrons. The first-order chi connectivity index (χ1) is 23.6. The maximum absolute atomic E-state index is 12.4. The molecule has 11 nitrogen and oxygen atoms in total. The number of carbonyl (C=O) groups excluding carboxylic acids is 4. The Balaban J connectivity index is 0.000000337. The average molecular weight is 704 g/mol. The minimum absolute atomic E-state index is 0.344. The summed E-state index contributed by atoms with van der Waals surface area (Å²) in [6.07, 6.45) is 13.6. The van der Waals surface area contributed by atoms with E-state index in [1.165, 1.54) is 50.3 Å². The van der Waals surface area contributed by atoms with Crippen LogP contribution in [0, 0.1) is 5.41 Å². The van der Waals surface area contributed by atoms with Gasteiger partial charge in [0.1, 0.15) is 12.3 Å². The predicted molar refractivity (Wildman–Crippen MR) is 204 cm³/mol. The van der Waals surface area contributed by atoms with Crippen LogP contribution >= 0.6 is 12.1 Å². The number of para-hydroxylation sites is 1. The lowest BCUT2D eigenvalue weighted by Gasteiger charge is -2.32. The molecule has 3 fully saturated rings. The summed E-state index contributed by atoms with van der Waals surface area (Å²) in [5.74, 6) is -0.493. The van der Waals surface area contributed by atoms with E-state index in [2.05, 4.69) is 39.7 Å². The molecule has 2 unspecified atom stereocenters. The maximum Gasteiger partial charge on any atom is 0.249 e. The van der Waals surface area contributed by atoms with Crippen molar-refractivity contribution in [1.82, 2.24) is 18.8 Å². The van der Waals surface area contributed by atoms with E-state index in [4.69, 9.17) is 5.73 Å². The van der Waals surface area contributed by atoms with Crippen molar-refractivity contribution in [3.63, 3.8) is 0 Å². The number of piperidine rings is 1. The molecule has 3 saturated heterocycles. The van der Waals surface area contributed by atoms with Crippen molar-refractivity contribution in [2.45, 2.75) is 110 Å². The van der Waals surface area contributed by atoms with E-state index in [1.807, 2.05) is 56.3 Å². The number of unbranched alkanes of at least 4 members (excludes halogenated alkanes) is 3. The van der Waals surface area contributed by atoms with E-state index in [1.54, 1.807) is 0 Å². The van der Waals surface area contributed by atoms with E-state index in [-0.39, 0.29) is 0 Å². The fraction of sp³-hybridized carbons (Fsp3) is 0.730. The Morgan fingerprint density at radius 1 is 1.02 bits per heavy atom. The lowest BCUT2D eigenvalue weighted by Crippen LogP contribution is -2.46. The highest BCUT2D eigenvalue weighted by Gasteiger charge is 2.43. The molecule has 0 bridgehead atoms. The molecule has 0 aliphatic carbocycles. The molecular weight excluding hydrogens is 639 g/mol. The molecule has 0 radical (unpaired) electrons. The number of amides is 3. The molecule has 1 spiro atoms. The first kappa shape index (κ1) is 42.7. The van der Waals surface area contributed by atoms with Crippen LogP contribution in [0.15, 0.2) is 18.2 Å². The molecule has 1 aromatic carbocycles. The van der Waals surface area contributed by atoms with Crippen LogP contribution in [0.4, 0.5) is 11.4 Å². The maximum atomic E-state index is 12.4. The largest absolute Gasteiger partial charge is 0.376 e. The molecule has 4 rings (SSSR count). The van der Waals surface area contributed by atoms with Gasteiger partial charge in [-0.15, -0.1) is 0 Å². The number of benzene rings is 1. The second kappa shape index (κ2) is 23.1. The number of carbonyl (C=O) groups is 4. The lowest BCUT2D eigenvalue weighted by atomic mass is 9.87. The van der Waals surface area contributed by atoms with Gasteiger partial charge in [-0.05, 0) is 82.0 Å². The summed E-state index contributed by atoms with van der Waals surface area (Å²) in [5.41, 5.74) is 9.16. The van der Waals surface area contributed by atoms with E-state index in [0.29, 0.717) is 49.2 Å². The van der Waals surface area contributed by atoms with Gasteiger partial charge < -0.3 is 25.2 Å². The zero-order valence-electron chi connectivity index (χ0n) is 31.2. The Labute approximate surface area is 300 Å². The van der Waals surface area contributed by atoms with Gasteiger partial charge in [-0.2, -0.15) is 0 Å². The molecule has 49 heavy (non-hydrogen) atoms. The molecule has 0 aromatic heterocycles. The number of hydrogen-bond donors (Lipinski definition) is 2. The highest BCUT2D eigenvalue weighted by atomic mass is 32.2. The molecule has 0 saturated carbocycles. The topological polar surface area (TPSA) is 123 Å². The summed E-state index contributed by atoms with van der Waals surface area (Å²) >= 11 is 1.98. The van der Waals surface area contributed by atoms with Crippen molar-refractivity contribution in [2.24, 2.45) is 11.1 Å². The predicted octanol–water partition coefficient (Wildman–Crippen LogP) is 4.88.